The Bertz CT molecular complexity index is 551. The number of carboxylic acid groups (broad SMARTS) is 1. The molecule has 1 atom stereocenters. The normalized spacial score (nSPS) is 17.4. The first-order chi connectivity index (χ1) is 10.5. The number of ether oxygens (including phenoxy) is 1. The minimum Gasteiger partial charge on any atom is -0.548 e. The quantitative estimate of drug-likeness (QED) is 0.639. The summed E-state index contributed by atoms with van der Waals surface area (Å²) in [5, 5.41) is 21.4. The number of benzene rings is 1. The number of nitrogens with zero attached hydrogens (tertiary/aromatic N) is 1. The molecule has 1 unspecified atom stereocenters. The molecule has 1 aliphatic heterocycles. The number of aliphatic carboxylic acids is 1. The monoisotopic (exact) mass is 369 g/mol. The zero-order valence-electron chi connectivity index (χ0n) is 13.2. The van der Waals surface area contributed by atoms with Gasteiger partial charge < -0.3 is 19.7 Å². The maximum absolute atomic E-state index is 11.7. The fraction of sp³-hybridized carbons (Fsp3) is 0.533. The Hall–Kier alpha value is -0.0100. The van der Waals surface area contributed by atoms with Crippen LogP contribution in [0.3, 0.4) is 0 Å². The zero-order chi connectivity index (χ0) is 16.3. The molecule has 0 radical (unpaired) electrons. The van der Waals surface area contributed by atoms with E-state index in [0.717, 1.165) is 12.8 Å². The Balaban J connectivity index is 0.00000264. The average molecular weight is 370 g/mol. The molecule has 2 rings (SSSR count). The predicted octanol–water partition coefficient (Wildman–Crippen LogP) is -1.50. The number of aliphatic hydroxyl groups excluding tert-OH is 1. The first-order valence-corrected chi connectivity index (χ1v) is 7.82. The van der Waals surface area contributed by atoms with Crippen LogP contribution < -0.4 is 39.4 Å². The fourth-order valence-corrected chi connectivity index (χ4v) is 3.13. The van der Waals surface area contributed by atoms with Crippen molar-refractivity contribution in [2.24, 2.45) is 5.92 Å². The summed E-state index contributed by atoms with van der Waals surface area (Å²) < 4.78 is 5.24. The molecule has 8 heteroatoms. The predicted molar refractivity (Wildman–Crippen MR) is 82.1 cm³/mol. The molecule has 1 N–H and O–H groups in total. The van der Waals surface area contributed by atoms with Crippen molar-refractivity contribution in [3.05, 3.63) is 27.7 Å². The molecule has 0 aromatic heterocycles. The van der Waals surface area contributed by atoms with E-state index in [0.29, 0.717) is 29.4 Å². The Labute approximate surface area is 167 Å². The van der Waals surface area contributed by atoms with Crippen LogP contribution in [-0.2, 0) is 4.79 Å². The smallest absolute Gasteiger partial charge is 0.548 e. The van der Waals surface area contributed by atoms with Gasteiger partial charge in [-0.25, -0.2) is 0 Å². The summed E-state index contributed by atoms with van der Waals surface area (Å²) in [5.41, 5.74) is 0.430. The fourth-order valence-electron chi connectivity index (χ4n) is 2.80. The number of likely N-dealkylation sites (tertiary alicyclic amines) is 1. The first-order valence-electron chi connectivity index (χ1n) is 7.06. The van der Waals surface area contributed by atoms with Gasteiger partial charge in [0.05, 0.1) is 29.2 Å². The maximum atomic E-state index is 11.7. The average Bonchev–Trinajstić information content (AvgIpc) is 2.51. The Morgan fingerprint density at radius 1 is 1.39 bits per heavy atom. The second kappa shape index (κ2) is 9.47. The summed E-state index contributed by atoms with van der Waals surface area (Å²) in [4.78, 5) is 13.5. The van der Waals surface area contributed by atoms with E-state index in [-0.39, 0.29) is 47.1 Å². The minimum atomic E-state index is -1.21. The van der Waals surface area contributed by atoms with Crippen molar-refractivity contribution < 1.29 is 49.3 Å². The topological polar surface area (TPSA) is 72.8 Å². The second-order valence-electron chi connectivity index (χ2n) is 5.39. The molecule has 0 amide bonds. The van der Waals surface area contributed by atoms with Crippen LogP contribution in [-0.4, -0.2) is 42.8 Å². The van der Waals surface area contributed by atoms with Gasteiger partial charge in [0.25, 0.3) is 0 Å². The van der Waals surface area contributed by atoms with Gasteiger partial charge in [-0.2, -0.15) is 0 Å². The first kappa shape index (κ1) is 21.0. The minimum absolute atomic E-state index is 0. The van der Waals surface area contributed by atoms with Crippen LogP contribution in [0.2, 0.25) is 10.0 Å². The molecule has 1 saturated heterocycles. The van der Waals surface area contributed by atoms with Gasteiger partial charge in [0, 0.05) is 18.2 Å². The van der Waals surface area contributed by atoms with E-state index in [9.17, 15) is 15.0 Å². The number of carbonyl (C=O) groups is 1. The summed E-state index contributed by atoms with van der Waals surface area (Å²) in [6, 6.07) is 2.07. The van der Waals surface area contributed by atoms with Crippen LogP contribution >= 0.6 is 23.2 Å². The molecule has 122 valence electrons. The third-order valence-electron chi connectivity index (χ3n) is 4.06. The largest absolute Gasteiger partial charge is 1.00 e. The second-order valence-corrected chi connectivity index (χ2v) is 6.21. The Morgan fingerprint density at radius 2 is 1.96 bits per heavy atom. The number of rotatable bonds is 5. The molecular formula is C15H18Cl2NNaO4. The van der Waals surface area contributed by atoms with Crippen LogP contribution in [0.1, 0.15) is 24.4 Å². The Kier molecular flexibility index (Phi) is 8.66. The van der Waals surface area contributed by atoms with Crippen LogP contribution in [0, 0.1) is 5.92 Å². The van der Waals surface area contributed by atoms with Crippen molar-refractivity contribution in [1.82, 2.24) is 4.90 Å². The summed E-state index contributed by atoms with van der Waals surface area (Å²) in [6.45, 7) is 1.25. The molecule has 1 aromatic carbocycles. The van der Waals surface area contributed by atoms with E-state index in [4.69, 9.17) is 27.9 Å². The van der Waals surface area contributed by atoms with Crippen molar-refractivity contribution in [2.75, 3.05) is 26.8 Å². The summed E-state index contributed by atoms with van der Waals surface area (Å²) in [7, 11) is 1.45. The molecule has 1 aliphatic rings. The molecule has 0 bridgehead atoms. The molecule has 5 nitrogen and oxygen atoms in total. The molecule has 1 fully saturated rings. The van der Waals surface area contributed by atoms with E-state index in [1.807, 2.05) is 4.90 Å². The number of hydrogen-bond donors (Lipinski definition) is 1. The maximum Gasteiger partial charge on any atom is 1.00 e. The van der Waals surface area contributed by atoms with E-state index >= 15 is 0 Å². The van der Waals surface area contributed by atoms with E-state index in [1.54, 1.807) is 0 Å². The van der Waals surface area contributed by atoms with Crippen LogP contribution in [0.15, 0.2) is 12.1 Å². The standard InChI is InChI=1S/C15H19Cl2NO4.Na/c1-22-13-7-12(17)11(16)6-10(13)14(15(20)21)18-4-2-9(8-19)3-5-18;/h6-7,9,14,19H,2-5,8H2,1H3,(H,20,21);/q;+1/p-1. The SMILES string of the molecule is COc1cc(Cl)c(Cl)cc1C(C(=O)[O-])N1CCC(CO)CC1.[Na+]. The van der Waals surface area contributed by atoms with Gasteiger partial charge >= 0.3 is 29.6 Å². The number of carboxylic acids is 1. The van der Waals surface area contributed by atoms with E-state index in [1.165, 1.54) is 19.2 Å². The van der Waals surface area contributed by atoms with Gasteiger partial charge in [0.2, 0.25) is 0 Å². The number of methoxy groups -OCH3 is 1. The number of aliphatic hydroxyl groups is 1. The van der Waals surface area contributed by atoms with E-state index in [2.05, 4.69) is 0 Å². The number of hydrogen-bond acceptors (Lipinski definition) is 5. The molecule has 1 heterocycles. The number of piperidine rings is 1. The van der Waals surface area contributed by atoms with Gasteiger partial charge in [0.1, 0.15) is 5.75 Å². The van der Waals surface area contributed by atoms with Crippen LogP contribution in [0.25, 0.3) is 0 Å². The molecule has 1 aromatic rings. The van der Waals surface area contributed by atoms with Crippen molar-refractivity contribution in [3.8, 4) is 5.75 Å². The number of carbonyl (C=O) groups excluding carboxylic acids is 1. The van der Waals surface area contributed by atoms with Gasteiger partial charge in [-0.1, -0.05) is 23.2 Å². The third kappa shape index (κ3) is 4.98. The Morgan fingerprint density at radius 3 is 2.43 bits per heavy atom. The zero-order valence-corrected chi connectivity index (χ0v) is 16.7. The molecular weight excluding hydrogens is 352 g/mol. The molecule has 0 saturated carbocycles. The molecule has 0 aliphatic carbocycles. The van der Waals surface area contributed by atoms with Crippen LogP contribution in [0.5, 0.6) is 5.75 Å². The summed E-state index contributed by atoms with van der Waals surface area (Å²) >= 11 is 12.0. The molecule has 23 heavy (non-hydrogen) atoms. The van der Waals surface area contributed by atoms with Gasteiger partial charge in [-0.05, 0) is 37.9 Å². The van der Waals surface area contributed by atoms with Crippen molar-refractivity contribution in [2.45, 2.75) is 18.9 Å². The summed E-state index contributed by atoms with van der Waals surface area (Å²) in [5.74, 6) is -0.624. The van der Waals surface area contributed by atoms with Gasteiger partial charge in [-0.3, -0.25) is 4.90 Å². The molecule has 0 spiro atoms. The van der Waals surface area contributed by atoms with E-state index < -0.39 is 12.0 Å². The summed E-state index contributed by atoms with van der Waals surface area (Å²) in [6.07, 6.45) is 1.48. The van der Waals surface area contributed by atoms with Crippen molar-refractivity contribution in [3.63, 3.8) is 0 Å². The number of halogens is 2. The third-order valence-corrected chi connectivity index (χ3v) is 4.79. The van der Waals surface area contributed by atoms with Crippen molar-refractivity contribution >= 4 is 29.2 Å². The van der Waals surface area contributed by atoms with Gasteiger partial charge in [-0.15, -0.1) is 0 Å². The van der Waals surface area contributed by atoms with Crippen LogP contribution in [0.4, 0.5) is 0 Å². The van der Waals surface area contributed by atoms with Gasteiger partial charge in [0.15, 0.2) is 0 Å². The van der Waals surface area contributed by atoms with Crippen molar-refractivity contribution in [1.29, 1.82) is 0 Å².